The molecule has 0 radical (unpaired) electrons. The number of hydrogen-bond acceptors (Lipinski definition) is 5. The van der Waals surface area contributed by atoms with Crippen LogP contribution in [0.1, 0.15) is 17.0 Å². The molecule has 1 atom stereocenters. The zero-order chi connectivity index (χ0) is 12.3. The number of thiazole rings is 1. The molecule has 0 saturated carbocycles. The van der Waals surface area contributed by atoms with Crippen LogP contribution >= 0.6 is 23.7 Å². The van der Waals surface area contributed by atoms with Crippen LogP contribution in [0, 0.1) is 13.8 Å². The number of nitrogens with one attached hydrogen (secondary N) is 2. The van der Waals surface area contributed by atoms with Crippen LogP contribution in [0.5, 0.6) is 0 Å². The Balaban J connectivity index is 0.00000162. The molecule has 1 aliphatic heterocycles. The Kier molecular flexibility index (Phi) is 6.01. The molecule has 0 aliphatic carbocycles. The van der Waals surface area contributed by atoms with E-state index in [1.807, 2.05) is 13.8 Å². The summed E-state index contributed by atoms with van der Waals surface area (Å²) in [4.78, 5) is 17.2. The van der Waals surface area contributed by atoms with Gasteiger partial charge in [-0.15, -0.1) is 23.7 Å². The Hall–Kier alpha value is -0.690. The average molecular weight is 292 g/mol. The van der Waals surface area contributed by atoms with Crippen LogP contribution in [0.25, 0.3) is 0 Å². The van der Waals surface area contributed by atoms with Crippen molar-refractivity contribution in [2.75, 3.05) is 25.1 Å². The summed E-state index contributed by atoms with van der Waals surface area (Å²) >= 11 is 1.51. The summed E-state index contributed by atoms with van der Waals surface area (Å²) in [7, 11) is 0. The summed E-state index contributed by atoms with van der Waals surface area (Å²) in [6, 6.07) is 0.117. The molecule has 7 heteroatoms. The third-order valence-electron chi connectivity index (χ3n) is 2.71. The van der Waals surface area contributed by atoms with Crippen molar-refractivity contribution in [2.45, 2.75) is 26.3 Å². The summed E-state index contributed by atoms with van der Waals surface area (Å²) < 4.78 is 5.30. The number of carbonyl (C=O) groups excluding carboxylic acids is 1. The number of rotatable bonds is 3. The van der Waals surface area contributed by atoms with Gasteiger partial charge in [-0.3, -0.25) is 4.79 Å². The van der Waals surface area contributed by atoms with Crippen molar-refractivity contribution in [1.29, 1.82) is 0 Å². The summed E-state index contributed by atoms with van der Waals surface area (Å²) in [6.07, 6.45) is 0.428. The first kappa shape index (κ1) is 15.4. The number of nitrogens with zero attached hydrogens (tertiary/aromatic N) is 1. The van der Waals surface area contributed by atoms with Gasteiger partial charge in [0.25, 0.3) is 0 Å². The first-order valence-corrected chi connectivity index (χ1v) is 6.52. The maximum atomic E-state index is 11.8. The molecule has 102 valence electrons. The monoisotopic (exact) mass is 291 g/mol. The highest BCUT2D eigenvalue weighted by Crippen LogP contribution is 2.21. The van der Waals surface area contributed by atoms with Gasteiger partial charge in [0.05, 0.1) is 18.9 Å². The van der Waals surface area contributed by atoms with E-state index in [9.17, 15) is 4.79 Å². The molecule has 1 fully saturated rings. The molecule has 0 bridgehead atoms. The van der Waals surface area contributed by atoms with Gasteiger partial charge in [0.2, 0.25) is 5.91 Å². The van der Waals surface area contributed by atoms with Gasteiger partial charge in [-0.2, -0.15) is 0 Å². The van der Waals surface area contributed by atoms with E-state index in [1.165, 1.54) is 11.3 Å². The van der Waals surface area contributed by atoms with Crippen LogP contribution in [0.3, 0.4) is 0 Å². The second-order valence-corrected chi connectivity index (χ2v) is 5.34. The number of amides is 1. The summed E-state index contributed by atoms with van der Waals surface area (Å²) in [5.74, 6) is -0.0123. The average Bonchev–Trinajstić information content (AvgIpc) is 2.59. The number of carbonyl (C=O) groups is 1. The first-order chi connectivity index (χ1) is 8.15. The van der Waals surface area contributed by atoms with Gasteiger partial charge in [-0.05, 0) is 13.8 Å². The van der Waals surface area contributed by atoms with Crippen molar-refractivity contribution in [3.05, 3.63) is 10.6 Å². The summed E-state index contributed by atoms with van der Waals surface area (Å²) in [6.45, 7) is 6.08. The Morgan fingerprint density at radius 1 is 1.61 bits per heavy atom. The van der Waals surface area contributed by atoms with Crippen LogP contribution in [0.15, 0.2) is 0 Å². The predicted molar refractivity (Wildman–Crippen MR) is 74.7 cm³/mol. The van der Waals surface area contributed by atoms with Gasteiger partial charge in [0, 0.05) is 23.9 Å². The molecule has 5 nitrogen and oxygen atoms in total. The molecular weight excluding hydrogens is 274 g/mol. The predicted octanol–water partition coefficient (Wildman–Crippen LogP) is 1.50. The largest absolute Gasteiger partial charge is 0.378 e. The lowest BCUT2D eigenvalue weighted by atomic mass is 10.2. The van der Waals surface area contributed by atoms with Crippen LogP contribution in [0.2, 0.25) is 0 Å². The number of morpholine rings is 1. The van der Waals surface area contributed by atoms with E-state index in [1.54, 1.807) is 0 Å². The van der Waals surface area contributed by atoms with E-state index < -0.39 is 0 Å². The fourth-order valence-corrected chi connectivity index (χ4v) is 2.50. The van der Waals surface area contributed by atoms with Crippen molar-refractivity contribution in [2.24, 2.45) is 0 Å². The van der Waals surface area contributed by atoms with E-state index in [2.05, 4.69) is 15.6 Å². The topological polar surface area (TPSA) is 63.2 Å². The normalized spacial score (nSPS) is 19.1. The standard InChI is InChI=1S/C11H17N3O2S.ClH/c1-7-8(2)17-11(13-7)14-10(15)5-9-6-16-4-3-12-9;/h9,12H,3-6H2,1-2H3,(H,13,14,15);1H. The van der Waals surface area contributed by atoms with Gasteiger partial charge < -0.3 is 15.4 Å². The molecule has 0 aromatic carbocycles. The highest BCUT2D eigenvalue weighted by molar-refractivity contribution is 7.15. The van der Waals surface area contributed by atoms with Gasteiger partial charge >= 0.3 is 0 Å². The van der Waals surface area contributed by atoms with E-state index in [-0.39, 0.29) is 24.4 Å². The number of anilines is 1. The third-order valence-corrected chi connectivity index (χ3v) is 3.69. The molecule has 2 N–H and O–H groups in total. The maximum Gasteiger partial charge on any atom is 0.227 e. The van der Waals surface area contributed by atoms with Crippen LogP contribution < -0.4 is 10.6 Å². The van der Waals surface area contributed by atoms with Crippen molar-refractivity contribution in [3.63, 3.8) is 0 Å². The van der Waals surface area contributed by atoms with Gasteiger partial charge in [0.1, 0.15) is 0 Å². The molecule has 1 aromatic heterocycles. The second-order valence-electron chi connectivity index (χ2n) is 4.14. The quantitative estimate of drug-likeness (QED) is 0.886. The second kappa shape index (κ2) is 7.04. The van der Waals surface area contributed by atoms with Crippen molar-refractivity contribution in [1.82, 2.24) is 10.3 Å². The van der Waals surface area contributed by atoms with Gasteiger partial charge in [-0.1, -0.05) is 0 Å². The third kappa shape index (κ3) is 4.20. The SMILES string of the molecule is Cc1nc(NC(=O)CC2COCCN2)sc1C.Cl. The molecular formula is C11H18ClN3O2S. The van der Waals surface area contributed by atoms with Crippen LogP contribution in [0.4, 0.5) is 5.13 Å². The fraction of sp³-hybridized carbons (Fsp3) is 0.636. The number of ether oxygens (including phenoxy) is 1. The molecule has 2 heterocycles. The van der Waals surface area contributed by atoms with Crippen molar-refractivity contribution in [3.8, 4) is 0 Å². The Morgan fingerprint density at radius 2 is 2.39 bits per heavy atom. The lowest BCUT2D eigenvalue weighted by Gasteiger charge is -2.22. The number of aromatic nitrogens is 1. The van der Waals surface area contributed by atoms with E-state index in [0.717, 1.165) is 23.7 Å². The molecule has 1 aliphatic rings. The molecule has 0 spiro atoms. The van der Waals surface area contributed by atoms with Crippen molar-refractivity contribution < 1.29 is 9.53 Å². The molecule has 2 rings (SSSR count). The zero-order valence-electron chi connectivity index (χ0n) is 10.5. The summed E-state index contributed by atoms with van der Waals surface area (Å²) in [5.41, 5.74) is 0.976. The molecule has 18 heavy (non-hydrogen) atoms. The van der Waals surface area contributed by atoms with E-state index in [0.29, 0.717) is 18.2 Å². The van der Waals surface area contributed by atoms with E-state index >= 15 is 0 Å². The molecule has 1 aromatic rings. The van der Waals surface area contributed by atoms with Crippen molar-refractivity contribution >= 4 is 34.8 Å². The van der Waals surface area contributed by atoms with Gasteiger partial charge in [-0.25, -0.2) is 4.98 Å². The minimum atomic E-state index is -0.0123. The Labute approximate surface area is 117 Å². The van der Waals surface area contributed by atoms with Crippen LogP contribution in [-0.2, 0) is 9.53 Å². The zero-order valence-corrected chi connectivity index (χ0v) is 12.1. The number of aryl methyl sites for hydroxylation is 2. The minimum Gasteiger partial charge on any atom is -0.378 e. The fourth-order valence-electron chi connectivity index (χ4n) is 1.67. The lowest BCUT2D eigenvalue weighted by molar-refractivity contribution is -0.117. The highest BCUT2D eigenvalue weighted by Gasteiger charge is 2.17. The maximum absolute atomic E-state index is 11.8. The minimum absolute atomic E-state index is 0. The van der Waals surface area contributed by atoms with Crippen LogP contribution in [-0.4, -0.2) is 36.7 Å². The Bertz CT molecular complexity index is 385. The number of hydrogen-bond donors (Lipinski definition) is 2. The lowest BCUT2D eigenvalue weighted by Crippen LogP contribution is -2.43. The molecule has 1 unspecified atom stereocenters. The number of halogens is 1. The first-order valence-electron chi connectivity index (χ1n) is 5.70. The summed E-state index contributed by atoms with van der Waals surface area (Å²) in [5, 5.41) is 6.76. The van der Waals surface area contributed by atoms with E-state index in [4.69, 9.17) is 4.74 Å². The smallest absolute Gasteiger partial charge is 0.227 e. The molecule has 1 amide bonds. The molecule has 1 saturated heterocycles. The van der Waals surface area contributed by atoms with Gasteiger partial charge in [0.15, 0.2) is 5.13 Å². The highest BCUT2D eigenvalue weighted by atomic mass is 35.5. The Morgan fingerprint density at radius 3 is 2.94 bits per heavy atom.